The van der Waals surface area contributed by atoms with Crippen LogP contribution in [0.1, 0.15) is 30.4 Å². The Morgan fingerprint density at radius 2 is 2.00 bits per heavy atom. The fourth-order valence-corrected chi connectivity index (χ4v) is 2.18. The van der Waals surface area contributed by atoms with Gasteiger partial charge >= 0.3 is 5.97 Å². The molecule has 0 saturated carbocycles. The van der Waals surface area contributed by atoms with Crippen LogP contribution in [-0.4, -0.2) is 22.8 Å². The van der Waals surface area contributed by atoms with Gasteiger partial charge in [0.05, 0.1) is 7.11 Å². The molecule has 0 aliphatic carbocycles. The third kappa shape index (κ3) is 2.47. The monoisotopic (exact) mass is 259 g/mol. The Bertz CT molecular complexity index is 599. The van der Waals surface area contributed by atoms with Gasteiger partial charge in [-0.15, -0.1) is 0 Å². The van der Waals surface area contributed by atoms with Crippen molar-refractivity contribution in [1.82, 2.24) is 4.57 Å². The number of methoxy groups -OCH3 is 1. The van der Waals surface area contributed by atoms with E-state index < -0.39 is 0 Å². The zero-order valence-corrected chi connectivity index (χ0v) is 11.3. The molecule has 0 bridgehead atoms. The summed E-state index contributed by atoms with van der Waals surface area (Å²) in [7, 11) is 1.37. The van der Waals surface area contributed by atoms with Crippen LogP contribution in [0, 0.1) is 0 Å². The number of phenolic OH excluding ortho intramolecular Hbond substituents is 1. The molecule has 4 heteroatoms. The van der Waals surface area contributed by atoms with Crippen molar-refractivity contribution in [3.63, 3.8) is 0 Å². The summed E-state index contributed by atoms with van der Waals surface area (Å²) < 4.78 is 6.69. The molecule has 0 radical (unpaired) electrons. The van der Waals surface area contributed by atoms with Gasteiger partial charge in [0.25, 0.3) is 0 Å². The van der Waals surface area contributed by atoms with Crippen LogP contribution in [-0.2, 0) is 4.74 Å². The smallest absolute Gasteiger partial charge is 0.354 e. The number of phenols is 1. The van der Waals surface area contributed by atoms with Crippen molar-refractivity contribution in [3.05, 3.63) is 42.1 Å². The maximum absolute atomic E-state index is 11.8. The number of aromatic hydroxyl groups is 1. The number of nitrogens with zero attached hydrogens (tertiary/aromatic N) is 1. The van der Waals surface area contributed by atoms with Gasteiger partial charge in [-0.3, -0.25) is 0 Å². The van der Waals surface area contributed by atoms with Gasteiger partial charge in [-0.1, -0.05) is 12.1 Å². The first-order valence-corrected chi connectivity index (χ1v) is 6.13. The molecule has 4 nitrogen and oxygen atoms in total. The molecule has 100 valence electrons. The SMILES string of the molecule is COC(=O)c1ccc(-c2cccc(O)c2)n1C(C)C. The molecule has 0 aliphatic heterocycles. The van der Waals surface area contributed by atoms with Crippen molar-refractivity contribution >= 4 is 5.97 Å². The van der Waals surface area contributed by atoms with E-state index in [4.69, 9.17) is 4.74 Å². The first kappa shape index (κ1) is 13.2. The van der Waals surface area contributed by atoms with Gasteiger partial charge < -0.3 is 14.4 Å². The Hall–Kier alpha value is -2.23. The van der Waals surface area contributed by atoms with Crippen molar-refractivity contribution in [1.29, 1.82) is 0 Å². The molecule has 0 aliphatic rings. The van der Waals surface area contributed by atoms with Crippen LogP contribution in [0.25, 0.3) is 11.3 Å². The molecular formula is C15H17NO3. The molecule has 1 N–H and O–H groups in total. The minimum Gasteiger partial charge on any atom is -0.508 e. The molecule has 2 rings (SSSR count). The summed E-state index contributed by atoms with van der Waals surface area (Å²) in [6.07, 6.45) is 0. The van der Waals surface area contributed by atoms with E-state index in [9.17, 15) is 9.90 Å². The quantitative estimate of drug-likeness (QED) is 0.861. The first-order chi connectivity index (χ1) is 9.04. The molecular weight excluding hydrogens is 242 g/mol. The molecule has 0 spiro atoms. The molecule has 0 atom stereocenters. The van der Waals surface area contributed by atoms with Gasteiger partial charge in [-0.25, -0.2) is 4.79 Å². The number of benzene rings is 1. The Morgan fingerprint density at radius 1 is 1.26 bits per heavy atom. The van der Waals surface area contributed by atoms with Crippen LogP contribution in [0.2, 0.25) is 0 Å². The van der Waals surface area contributed by atoms with E-state index >= 15 is 0 Å². The second-order valence-corrected chi connectivity index (χ2v) is 4.61. The highest BCUT2D eigenvalue weighted by Crippen LogP contribution is 2.28. The standard InChI is InChI=1S/C15H17NO3/c1-10(2)16-13(7-8-14(16)15(18)19-3)11-5-4-6-12(17)9-11/h4-10,17H,1-3H3. The fourth-order valence-electron chi connectivity index (χ4n) is 2.18. The Balaban J connectivity index is 2.58. The fraction of sp³-hybridized carbons (Fsp3) is 0.267. The van der Waals surface area contributed by atoms with E-state index in [-0.39, 0.29) is 17.8 Å². The minimum absolute atomic E-state index is 0.112. The topological polar surface area (TPSA) is 51.5 Å². The van der Waals surface area contributed by atoms with Crippen molar-refractivity contribution in [2.24, 2.45) is 0 Å². The molecule has 1 heterocycles. The molecule has 1 aromatic carbocycles. The van der Waals surface area contributed by atoms with E-state index in [2.05, 4.69) is 0 Å². The average Bonchev–Trinajstić information content (AvgIpc) is 2.82. The van der Waals surface area contributed by atoms with Crippen molar-refractivity contribution in [2.75, 3.05) is 7.11 Å². The van der Waals surface area contributed by atoms with E-state index in [0.29, 0.717) is 5.69 Å². The zero-order chi connectivity index (χ0) is 14.0. The number of carbonyl (C=O) groups excluding carboxylic acids is 1. The normalized spacial score (nSPS) is 10.7. The highest BCUT2D eigenvalue weighted by atomic mass is 16.5. The van der Waals surface area contributed by atoms with Crippen molar-refractivity contribution < 1.29 is 14.6 Å². The number of hydrogen-bond donors (Lipinski definition) is 1. The van der Waals surface area contributed by atoms with Gasteiger partial charge in [0, 0.05) is 17.3 Å². The highest BCUT2D eigenvalue weighted by molar-refractivity contribution is 5.89. The molecule has 19 heavy (non-hydrogen) atoms. The maximum Gasteiger partial charge on any atom is 0.354 e. The van der Waals surface area contributed by atoms with Crippen LogP contribution in [0.5, 0.6) is 5.75 Å². The number of hydrogen-bond acceptors (Lipinski definition) is 3. The van der Waals surface area contributed by atoms with Gasteiger partial charge in [-0.05, 0) is 38.1 Å². The van der Waals surface area contributed by atoms with E-state index in [1.54, 1.807) is 24.3 Å². The summed E-state index contributed by atoms with van der Waals surface area (Å²) in [5.74, 6) is -0.159. The maximum atomic E-state index is 11.8. The molecule has 0 amide bonds. The van der Waals surface area contributed by atoms with E-state index in [1.807, 2.05) is 30.5 Å². The Labute approximate surface area is 112 Å². The van der Waals surface area contributed by atoms with E-state index in [1.165, 1.54) is 7.11 Å². The van der Waals surface area contributed by atoms with Gasteiger partial charge in [0.2, 0.25) is 0 Å². The summed E-state index contributed by atoms with van der Waals surface area (Å²) in [6.45, 7) is 4.00. The predicted molar refractivity (Wildman–Crippen MR) is 73.3 cm³/mol. The lowest BCUT2D eigenvalue weighted by Gasteiger charge is -2.16. The second-order valence-electron chi connectivity index (χ2n) is 4.61. The zero-order valence-electron chi connectivity index (χ0n) is 11.3. The van der Waals surface area contributed by atoms with Crippen molar-refractivity contribution in [2.45, 2.75) is 19.9 Å². The van der Waals surface area contributed by atoms with Crippen molar-refractivity contribution in [3.8, 4) is 17.0 Å². The molecule has 1 aromatic heterocycles. The Morgan fingerprint density at radius 3 is 2.58 bits per heavy atom. The highest BCUT2D eigenvalue weighted by Gasteiger charge is 2.18. The minimum atomic E-state index is -0.361. The van der Waals surface area contributed by atoms with Crippen LogP contribution in [0.3, 0.4) is 0 Å². The number of esters is 1. The van der Waals surface area contributed by atoms with Gasteiger partial charge in [-0.2, -0.15) is 0 Å². The van der Waals surface area contributed by atoms with Crippen LogP contribution < -0.4 is 0 Å². The van der Waals surface area contributed by atoms with Crippen LogP contribution >= 0.6 is 0 Å². The largest absolute Gasteiger partial charge is 0.508 e. The van der Waals surface area contributed by atoms with Gasteiger partial charge in [0.15, 0.2) is 0 Å². The number of ether oxygens (including phenoxy) is 1. The second kappa shape index (κ2) is 5.18. The summed E-state index contributed by atoms with van der Waals surface area (Å²) in [5.41, 5.74) is 2.26. The molecule has 0 saturated heterocycles. The first-order valence-electron chi connectivity index (χ1n) is 6.13. The average molecular weight is 259 g/mol. The number of rotatable bonds is 3. The molecule has 0 fully saturated rings. The van der Waals surface area contributed by atoms with Crippen LogP contribution in [0.4, 0.5) is 0 Å². The molecule has 0 unspecified atom stereocenters. The lowest BCUT2D eigenvalue weighted by molar-refractivity contribution is 0.0587. The summed E-state index contributed by atoms with van der Waals surface area (Å²) >= 11 is 0. The van der Waals surface area contributed by atoms with Crippen LogP contribution in [0.15, 0.2) is 36.4 Å². The Kier molecular flexibility index (Phi) is 3.60. The molecule has 2 aromatic rings. The number of carbonyl (C=O) groups is 1. The number of aromatic nitrogens is 1. The summed E-state index contributed by atoms with van der Waals surface area (Å²) in [4.78, 5) is 11.8. The third-order valence-electron chi connectivity index (χ3n) is 2.97. The van der Waals surface area contributed by atoms with Gasteiger partial charge in [0.1, 0.15) is 11.4 Å². The lowest BCUT2D eigenvalue weighted by atomic mass is 10.1. The lowest BCUT2D eigenvalue weighted by Crippen LogP contribution is -2.13. The predicted octanol–water partition coefficient (Wildman–Crippen LogP) is 3.23. The third-order valence-corrected chi connectivity index (χ3v) is 2.97. The van der Waals surface area contributed by atoms with E-state index in [0.717, 1.165) is 11.3 Å². The summed E-state index contributed by atoms with van der Waals surface area (Å²) in [5, 5.41) is 9.57. The summed E-state index contributed by atoms with van der Waals surface area (Å²) in [6, 6.07) is 10.7.